The van der Waals surface area contributed by atoms with Crippen LogP contribution >= 0.6 is 0 Å². The van der Waals surface area contributed by atoms with E-state index in [0.717, 1.165) is 16.6 Å². The molecule has 29 heavy (non-hydrogen) atoms. The lowest BCUT2D eigenvalue weighted by Crippen LogP contribution is -2.31. The Kier molecular flexibility index (Phi) is 5.96. The van der Waals surface area contributed by atoms with E-state index in [1.807, 2.05) is 13.8 Å². The van der Waals surface area contributed by atoms with Gasteiger partial charge in [0, 0.05) is 43.1 Å². The second-order valence-corrected chi connectivity index (χ2v) is 7.14. The number of fused-ring (bicyclic) bond motifs is 1. The smallest absolute Gasteiger partial charge is 0.253 e. The summed E-state index contributed by atoms with van der Waals surface area (Å²) in [4.78, 5) is 29.8. The number of rotatable bonds is 7. The third-order valence-corrected chi connectivity index (χ3v) is 5.17. The molecule has 0 fully saturated rings. The number of H-pyrrole nitrogens is 1. The van der Waals surface area contributed by atoms with Crippen molar-refractivity contribution >= 4 is 16.9 Å². The minimum Gasteiger partial charge on any atom is -0.335 e. The maximum absolute atomic E-state index is 14.0. The fourth-order valence-electron chi connectivity index (χ4n) is 3.69. The first-order valence-electron chi connectivity index (χ1n) is 9.50. The first-order valence-corrected chi connectivity index (χ1v) is 9.50. The molecule has 0 aliphatic rings. The average Bonchev–Trinajstić information content (AvgIpc) is 2.96. The molecular weight excluding hydrogens is 371 g/mol. The molecule has 0 spiro atoms. The Balaban J connectivity index is 1.81. The molecule has 0 aliphatic carbocycles. The normalized spacial score (nSPS) is 11.0. The van der Waals surface area contributed by atoms with Crippen molar-refractivity contribution < 1.29 is 9.18 Å². The fourth-order valence-corrected chi connectivity index (χ4v) is 3.69. The third kappa shape index (κ3) is 4.13. The van der Waals surface area contributed by atoms with Gasteiger partial charge in [0.1, 0.15) is 11.5 Å². The number of carbonyl (C=O) groups is 1. The number of hydrogen-bond acceptors (Lipinski definition) is 3. The average molecular weight is 396 g/mol. The number of nitrogens with one attached hydrogen (secondary N) is 1. The number of amides is 1. The molecule has 1 aromatic carbocycles. The van der Waals surface area contributed by atoms with Crippen LogP contribution in [-0.4, -0.2) is 32.1 Å². The molecule has 2 heterocycles. The van der Waals surface area contributed by atoms with Gasteiger partial charge in [0.15, 0.2) is 0 Å². The van der Waals surface area contributed by atoms with Gasteiger partial charge in [-0.25, -0.2) is 4.39 Å². The van der Waals surface area contributed by atoms with Crippen molar-refractivity contribution in [2.45, 2.75) is 33.2 Å². The lowest BCUT2D eigenvalue weighted by Gasteiger charge is -2.22. The van der Waals surface area contributed by atoms with Crippen LogP contribution in [0.5, 0.6) is 0 Å². The molecule has 7 heteroatoms. The van der Waals surface area contributed by atoms with Crippen LogP contribution in [-0.2, 0) is 24.8 Å². The Bertz CT molecular complexity index is 1130. The predicted octanol–water partition coefficient (Wildman–Crippen LogP) is 3.16. The fraction of sp³-hybridized carbons (Fsp3) is 0.318. The molecule has 0 aliphatic heterocycles. The third-order valence-electron chi connectivity index (χ3n) is 5.17. The highest BCUT2D eigenvalue weighted by Gasteiger charge is 2.18. The van der Waals surface area contributed by atoms with Gasteiger partial charge >= 0.3 is 0 Å². The van der Waals surface area contributed by atoms with Crippen LogP contribution in [0.15, 0.2) is 41.7 Å². The molecule has 152 valence electrons. The molecule has 3 rings (SSSR count). The maximum atomic E-state index is 14.0. The van der Waals surface area contributed by atoms with Crippen LogP contribution in [0.4, 0.5) is 4.39 Å². The van der Waals surface area contributed by atoms with E-state index >= 15 is 0 Å². The zero-order valence-electron chi connectivity index (χ0n) is 17.0. The molecule has 1 amide bonds. The van der Waals surface area contributed by atoms with E-state index in [0.29, 0.717) is 29.7 Å². The second kappa shape index (κ2) is 8.43. The summed E-state index contributed by atoms with van der Waals surface area (Å²) in [6.45, 7) is 7.93. The monoisotopic (exact) mass is 396 g/mol. The number of pyridine rings is 1. The van der Waals surface area contributed by atoms with Crippen LogP contribution in [0.2, 0.25) is 0 Å². The molecule has 3 aromatic rings. The highest BCUT2D eigenvalue weighted by Crippen LogP contribution is 2.21. The zero-order valence-corrected chi connectivity index (χ0v) is 17.0. The van der Waals surface area contributed by atoms with Gasteiger partial charge in [0.25, 0.3) is 5.56 Å². The number of nitrogens with zero attached hydrogens (tertiary/aromatic N) is 3. The summed E-state index contributed by atoms with van der Waals surface area (Å²) in [5.74, 6) is -0.505. The van der Waals surface area contributed by atoms with Gasteiger partial charge in [-0.3, -0.25) is 14.3 Å². The summed E-state index contributed by atoms with van der Waals surface area (Å²) in [7, 11) is 1.78. The molecule has 1 N–H and O–H groups in total. The first-order chi connectivity index (χ1) is 13.8. The minimum atomic E-state index is -0.348. The Morgan fingerprint density at radius 1 is 1.34 bits per heavy atom. The van der Waals surface area contributed by atoms with Gasteiger partial charge in [0.05, 0.1) is 5.69 Å². The van der Waals surface area contributed by atoms with Gasteiger partial charge in [-0.2, -0.15) is 5.10 Å². The quantitative estimate of drug-likeness (QED) is 0.624. The Hall–Kier alpha value is -3.22. The molecule has 2 aromatic heterocycles. The van der Waals surface area contributed by atoms with E-state index in [2.05, 4.69) is 16.7 Å². The van der Waals surface area contributed by atoms with Crippen molar-refractivity contribution in [3.63, 3.8) is 0 Å². The van der Waals surface area contributed by atoms with Crippen molar-refractivity contribution in [3.05, 3.63) is 75.5 Å². The lowest BCUT2D eigenvalue weighted by atomic mass is 10.0. The molecular formula is C22H25FN4O2. The molecule has 0 radical (unpaired) electrons. The standard InChI is InChI=1S/C22H25FN4O2/c1-5-12-27(13-16-8-6-7-9-18(16)23)19(28)11-10-17-14(2)20-15(3)25-26(4)21(20)24-22(17)29/h5-9H,1,10-13H2,2-4H3,(H,24,29). The van der Waals surface area contributed by atoms with Gasteiger partial charge in [-0.05, 0) is 31.9 Å². The van der Waals surface area contributed by atoms with Crippen LogP contribution in [0, 0.1) is 19.7 Å². The van der Waals surface area contributed by atoms with E-state index in [4.69, 9.17) is 0 Å². The molecule has 0 unspecified atom stereocenters. The van der Waals surface area contributed by atoms with Crippen molar-refractivity contribution in [3.8, 4) is 0 Å². The highest BCUT2D eigenvalue weighted by molar-refractivity contribution is 5.83. The molecule has 0 bridgehead atoms. The highest BCUT2D eigenvalue weighted by atomic mass is 19.1. The van der Waals surface area contributed by atoms with E-state index in [9.17, 15) is 14.0 Å². The molecule has 0 atom stereocenters. The lowest BCUT2D eigenvalue weighted by molar-refractivity contribution is -0.131. The van der Waals surface area contributed by atoms with Gasteiger partial charge < -0.3 is 9.88 Å². The topological polar surface area (TPSA) is 71.0 Å². The second-order valence-electron chi connectivity index (χ2n) is 7.14. The minimum absolute atomic E-state index is 0.150. The number of aromatic amines is 1. The molecule has 0 saturated heterocycles. The van der Waals surface area contributed by atoms with Crippen molar-refractivity contribution in [2.24, 2.45) is 7.05 Å². The number of benzene rings is 1. The first kappa shape index (κ1) is 20.5. The molecule has 0 saturated carbocycles. The molecule has 6 nitrogen and oxygen atoms in total. The van der Waals surface area contributed by atoms with Crippen molar-refractivity contribution in [1.29, 1.82) is 0 Å². The van der Waals surface area contributed by atoms with Gasteiger partial charge in [-0.1, -0.05) is 24.3 Å². The van der Waals surface area contributed by atoms with E-state index in [1.165, 1.54) is 6.07 Å². The largest absolute Gasteiger partial charge is 0.335 e. The number of aryl methyl sites for hydroxylation is 3. The number of carbonyl (C=O) groups excluding carboxylic acids is 1. The Morgan fingerprint density at radius 3 is 2.76 bits per heavy atom. The van der Waals surface area contributed by atoms with Crippen LogP contribution in [0.3, 0.4) is 0 Å². The van der Waals surface area contributed by atoms with Gasteiger partial charge in [0.2, 0.25) is 5.91 Å². The zero-order chi connectivity index (χ0) is 21.1. The van der Waals surface area contributed by atoms with E-state index in [-0.39, 0.29) is 30.2 Å². The van der Waals surface area contributed by atoms with Crippen molar-refractivity contribution in [1.82, 2.24) is 19.7 Å². The van der Waals surface area contributed by atoms with Crippen LogP contribution in [0.25, 0.3) is 11.0 Å². The Morgan fingerprint density at radius 2 is 2.07 bits per heavy atom. The van der Waals surface area contributed by atoms with E-state index in [1.54, 1.807) is 40.9 Å². The number of hydrogen-bond donors (Lipinski definition) is 1. The Labute approximate surface area is 168 Å². The summed E-state index contributed by atoms with van der Waals surface area (Å²) in [5.41, 5.74) is 3.15. The van der Waals surface area contributed by atoms with Crippen molar-refractivity contribution in [2.75, 3.05) is 6.54 Å². The predicted molar refractivity (Wildman–Crippen MR) is 111 cm³/mol. The summed E-state index contributed by atoms with van der Waals surface area (Å²) in [6.07, 6.45) is 2.06. The maximum Gasteiger partial charge on any atom is 0.253 e. The van der Waals surface area contributed by atoms with Gasteiger partial charge in [-0.15, -0.1) is 6.58 Å². The number of aromatic nitrogens is 3. The SMILES string of the molecule is C=CCN(Cc1ccccc1F)C(=O)CCc1c(C)c2c(C)nn(C)c2[nH]c1=O. The summed E-state index contributed by atoms with van der Waals surface area (Å²) in [6, 6.07) is 6.39. The van der Waals surface area contributed by atoms with Crippen LogP contribution in [0.1, 0.15) is 28.8 Å². The summed E-state index contributed by atoms with van der Waals surface area (Å²) >= 11 is 0. The number of halogens is 1. The van der Waals surface area contributed by atoms with E-state index < -0.39 is 0 Å². The summed E-state index contributed by atoms with van der Waals surface area (Å²) < 4.78 is 15.6. The van der Waals surface area contributed by atoms with Crippen LogP contribution < -0.4 is 5.56 Å². The summed E-state index contributed by atoms with van der Waals surface area (Å²) in [5, 5.41) is 5.27.